The molecule has 1 N–H and O–H groups in total. The Bertz CT molecular complexity index is 421. The molecule has 0 bridgehead atoms. The molecule has 1 aromatic rings. The number of hydrogen-bond donors (Lipinski definition) is 1. The molecule has 1 saturated carbocycles. The molecule has 2 rings (SSSR count). The Morgan fingerprint density at radius 1 is 1.50 bits per heavy atom. The Morgan fingerprint density at radius 3 is 2.81 bits per heavy atom. The molecule has 1 heterocycles. The molecule has 0 unspecified atom stereocenters. The van der Waals surface area contributed by atoms with Gasteiger partial charge in [-0.3, -0.25) is 4.79 Å². The van der Waals surface area contributed by atoms with Gasteiger partial charge in [0.2, 0.25) is 0 Å². The van der Waals surface area contributed by atoms with Crippen LogP contribution in [-0.4, -0.2) is 23.2 Å². The van der Waals surface area contributed by atoms with Crippen LogP contribution in [0, 0.1) is 0 Å². The molecule has 0 spiro atoms. The molecule has 0 radical (unpaired) electrons. The summed E-state index contributed by atoms with van der Waals surface area (Å²) in [7, 11) is 0. The number of rotatable bonds is 5. The molecule has 0 atom stereocenters. The second kappa shape index (κ2) is 4.37. The molecule has 0 amide bonds. The standard InChI is InChI=1S/C12H18N2O2/c1-3-9-7-10(15)14-11(13-9)12(5-6-12)8-16-4-2/h7H,3-6,8H2,1-2H3,(H,13,14,15). The third kappa shape index (κ3) is 2.16. The number of aromatic nitrogens is 2. The van der Waals surface area contributed by atoms with Gasteiger partial charge in [-0.25, -0.2) is 4.98 Å². The SMILES string of the molecule is CCOCC1(c2nc(CC)cc(=O)[nH]2)CC1. The minimum atomic E-state index is -0.0513. The van der Waals surface area contributed by atoms with E-state index in [1.807, 2.05) is 13.8 Å². The van der Waals surface area contributed by atoms with Crippen LogP contribution < -0.4 is 5.56 Å². The highest BCUT2D eigenvalue weighted by Crippen LogP contribution is 2.46. The van der Waals surface area contributed by atoms with Crippen LogP contribution in [0.5, 0.6) is 0 Å². The maximum atomic E-state index is 11.5. The van der Waals surface area contributed by atoms with Crippen molar-refractivity contribution in [3.8, 4) is 0 Å². The zero-order chi connectivity index (χ0) is 11.6. The van der Waals surface area contributed by atoms with Crippen molar-refractivity contribution in [1.82, 2.24) is 9.97 Å². The van der Waals surface area contributed by atoms with Crippen LogP contribution in [0.4, 0.5) is 0 Å². The highest BCUT2D eigenvalue weighted by molar-refractivity contribution is 5.19. The van der Waals surface area contributed by atoms with E-state index in [4.69, 9.17) is 4.74 Å². The highest BCUT2D eigenvalue weighted by atomic mass is 16.5. The number of nitrogens with zero attached hydrogens (tertiary/aromatic N) is 1. The van der Waals surface area contributed by atoms with Gasteiger partial charge in [-0.1, -0.05) is 6.92 Å². The first-order chi connectivity index (χ1) is 7.70. The van der Waals surface area contributed by atoms with E-state index in [-0.39, 0.29) is 11.0 Å². The minimum absolute atomic E-state index is 0.0135. The Balaban J connectivity index is 2.26. The molecule has 1 aliphatic rings. The van der Waals surface area contributed by atoms with Gasteiger partial charge in [0, 0.05) is 18.4 Å². The van der Waals surface area contributed by atoms with E-state index in [1.54, 1.807) is 6.07 Å². The molecule has 0 aromatic carbocycles. The maximum Gasteiger partial charge on any atom is 0.251 e. The van der Waals surface area contributed by atoms with Gasteiger partial charge in [-0.15, -0.1) is 0 Å². The summed E-state index contributed by atoms with van der Waals surface area (Å²) >= 11 is 0. The minimum Gasteiger partial charge on any atom is -0.381 e. The predicted molar refractivity (Wildman–Crippen MR) is 61.6 cm³/mol. The summed E-state index contributed by atoms with van der Waals surface area (Å²) < 4.78 is 5.47. The van der Waals surface area contributed by atoms with Crippen LogP contribution in [0.2, 0.25) is 0 Å². The smallest absolute Gasteiger partial charge is 0.251 e. The first-order valence-corrected chi connectivity index (χ1v) is 5.88. The Kier molecular flexibility index (Phi) is 3.10. The molecule has 1 fully saturated rings. The number of H-pyrrole nitrogens is 1. The van der Waals surface area contributed by atoms with Crippen molar-refractivity contribution in [2.45, 2.75) is 38.5 Å². The highest BCUT2D eigenvalue weighted by Gasteiger charge is 2.47. The van der Waals surface area contributed by atoms with Crippen molar-refractivity contribution in [1.29, 1.82) is 0 Å². The molecule has 1 aromatic heterocycles. The Labute approximate surface area is 95.1 Å². The lowest BCUT2D eigenvalue weighted by molar-refractivity contribution is 0.123. The topological polar surface area (TPSA) is 55.0 Å². The van der Waals surface area contributed by atoms with E-state index in [0.29, 0.717) is 13.2 Å². The quantitative estimate of drug-likeness (QED) is 0.819. The van der Waals surface area contributed by atoms with Crippen molar-refractivity contribution in [2.24, 2.45) is 0 Å². The monoisotopic (exact) mass is 222 g/mol. The summed E-state index contributed by atoms with van der Waals surface area (Å²) in [6, 6.07) is 1.57. The van der Waals surface area contributed by atoms with Gasteiger partial charge in [0.25, 0.3) is 5.56 Å². The first kappa shape index (κ1) is 11.3. The zero-order valence-electron chi connectivity index (χ0n) is 9.88. The molecular weight excluding hydrogens is 204 g/mol. The Hall–Kier alpha value is -1.16. The van der Waals surface area contributed by atoms with Gasteiger partial charge in [0.05, 0.1) is 12.0 Å². The average Bonchev–Trinajstić information content (AvgIpc) is 3.06. The second-order valence-corrected chi connectivity index (χ2v) is 4.36. The molecule has 4 heteroatoms. The fourth-order valence-electron chi connectivity index (χ4n) is 1.84. The zero-order valence-corrected chi connectivity index (χ0v) is 9.88. The van der Waals surface area contributed by atoms with Gasteiger partial charge in [-0.05, 0) is 26.2 Å². The fraction of sp³-hybridized carbons (Fsp3) is 0.667. The van der Waals surface area contributed by atoms with Gasteiger partial charge in [-0.2, -0.15) is 0 Å². The van der Waals surface area contributed by atoms with E-state index in [9.17, 15) is 4.79 Å². The van der Waals surface area contributed by atoms with E-state index < -0.39 is 0 Å². The molecule has 1 aliphatic carbocycles. The summed E-state index contributed by atoms with van der Waals surface area (Å²) in [5, 5.41) is 0. The van der Waals surface area contributed by atoms with Crippen LogP contribution in [0.1, 0.15) is 38.2 Å². The van der Waals surface area contributed by atoms with Gasteiger partial charge >= 0.3 is 0 Å². The van der Waals surface area contributed by atoms with E-state index >= 15 is 0 Å². The number of ether oxygens (including phenoxy) is 1. The first-order valence-electron chi connectivity index (χ1n) is 5.88. The van der Waals surface area contributed by atoms with Crippen molar-refractivity contribution < 1.29 is 4.74 Å². The van der Waals surface area contributed by atoms with E-state index in [1.165, 1.54) is 0 Å². The van der Waals surface area contributed by atoms with E-state index in [2.05, 4.69) is 9.97 Å². The lowest BCUT2D eigenvalue weighted by Gasteiger charge is -2.14. The fourth-order valence-corrected chi connectivity index (χ4v) is 1.84. The normalized spacial score (nSPS) is 17.4. The average molecular weight is 222 g/mol. The maximum absolute atomic E-state index is 11.5. The van der Waals surface area contributed by atoms with Crippen LogP contribution in [0.3, 0.4) is 0 Å². The van der Waals surface area contributed by atoms with Crippen LogP contribution in [0.25, 0.3) is 0 Å². The van der Waals surface area contributed by atoms with E-state index in [0.717, 1.165) is 30.8 Å². The number of aromatic amines is 1. The number of aryl methyl sites for hydroxylation is 1. The molecular formula is C12H18N2O2. The molecule has 0 saturated heterocycles. The number of hydrogen-bond acceptors (Lipinski definition) is 3. The number of nitrogens with one attached hydrogen (secondary N) is 1. The van der Waals surface area contributed by atoms with Crippen molar-refractivity contribution in [3.05, 3.63) is 27.9 Å². The van der Waals surface area contributed by atoms with Crippen molar-refractivity contribution >= 4 is 0 Å². The summed E-state index contributed by atoms with van der Waals surface area (Å²) in [6.45, 7) is 5.36. The third-order valence-electron chi connectivity index (χ3n) is 3.10. The van der Waals surface area contributed by atoms with Crippen molar-refractivity contribution in [2.75, 3.05) is 13.2 Å². The lowest BCUT2D eigenvalue weighted by atomic mass is 10.1. The molecule has 88 valence electrons. The summed E-state index contributed by atoms with van der Waals surface area (Å²) in [5.41, 5.74) is 0.798. The predicted octanol–water partition coefficient (Wildman–Crippen LogP) is 1.40. The van der Waals surface area contributed by atoms with Gasteiger partial charge < -0.3 is 9.72 Å². The second-order valence-electron chi connectivity index (χ2n) is 4.36. The molecule has 16 heavy (non-hydrogen) atoms. The molecule has 0 aliphatic heterocycles. The third-order valence-corrected chi connectivity index (χ3v) is 3.10. The van der Waals surface area contributed by atoms with Crippen LogP contribution in [0.15, 0.2) is 10.9 Å². The van der Waals surface area contributed by atoms with Crippen LogP contribution >= 0.6 is 0 Å². The summed E-state index contributed by atoms with van der Waals surface area (Å²) in [5.74, 6) is 0.810. The van der Waals surface area contributed by atoms with Gasteiger partial charge in [0.1, 0.15) is 5.82 Å². The summed E-state index contributed by atoms with van der Waals surface area (Å²) in [4.78, 5) is 18.8. The lowest BCUT2D eigenvalue weighted by Crippen LogP contribution is -2.23. The summed E-state index contributed by atoms with van der Waals surface area (Å²) in [6.07, 6.45) is 2.91. The largest absolute Gasteiger partial charge is 0.381 e. The Morgan fingerprint density at radius 2 is 2.25 bits per heavy atom. The van der Waals surface area contributed by atoms with Gasteiger partial charge in [0.15, 0.2) is 0 Å². The van der Waals surface area contributed by atoms with Crippen LogP contribution in [-0.2, 0) is 16.6 Å². The molecule has 4 nitrogen and oxygen atoms in total. The van der Waals surface area contributed by atoms with Crippen molar-refractivity contribution in [3.63, 3.8) is 0 Å².